The van der Waals surface area contributed by atoms with Gasteiger partial charge in [0.1, 0.15) is 0 Å². The van der Waals surface area contributed by atoms with Gasteiger partial charge in [0, 0.05) is 32.0 Å². The first-order valence-electron chi connectivity index (χ1n) is 8.32. The minimum Gasteiger partial charge on any atom is -0.355 e. The summed E-state index contributed by atoms with van der Waals surface area (Å²) in [5.41, 5.74) is 0. The van der Waals surface area contributed by atoms with E-state index in [1.165, 1.54) is 49.9 Å². The lowest BCUT2D eigenvalue weighted by Gasteiger charge is -2.16. The molecule has 1 amide bonds. The Morgan fingerprint density at radius 2 is 1.83 bits per heavy atom. The van der Waals surface area contributed by atoms with Gasteiger partial charge in [-0.1, -0.05) is 31.7 Å². The van der Waals surface area contributed by atoms with E-state index in [0.29, 0.717) is 19.0 Å². The number of hydrogen-bond donors (Lipinski definition) is 2. The number of rotatable bonds is 8. The maximum Gasteiger partial charge on any atom is 0.220 e. The zero-order valence-corrected chi connectivity index (χ0v) is 15.1. The first-order chi connectivity index (χ1) is 10.8. The van der Waals surface area contributed by atoms with Crippen molar-refractivity contribution in [1.82, 2.24) is 10.6 Å². The molecule has 0 aliphatic heterocycles. The summed E-state index contributed by atoms with van der Waals surface area (Å²) < 4.78 is 0. The summed E-state index contributed by atoms with van der Waals surface area (Å²) >= 11 is 1.43. The molecule has 0 unspecified atom stereocenters. The molecule has 0 atom stereocenters. The van der Waals surface area contributed by atoms with Crippen LogP contribution in [0.4, 0.5) is 0 Å². The molecule has 0 aromatic carbocycles. The van der Waals surface area contributed by atoms with Crippen LogP contribution in [-0.2, 0) is 4.79 Å². The summed E-state index contributed by atoms with van der Waals surface area (Å²) in [6.07, 6.45) is 8.42. The van der Waals surface area contributed by atoms with Gasteiger partial charge < -0.3 is 10.6 Å². The molecule has 0 radical (unpaired) electrons. The first kappa shape index (κ1) is 20.1. The number of thiophene rings is 1. The summed E-state index contributed by atoms with van der Waals surface area (Å²) in [4.78, 5) is 24.3. The van der Waals surface area contributed by atoms with Crippen molar-refractivity contribution in [3.05, 3.63) is 22.4 Å². The SMILES string of the molecule is Cl.O=C(CCC(=O)c1cccs1)NCCNC1CCCCCC1. The molecule has 23 heavy (non-hydrogen) atoms. The highest BCUT2D eigenvalue weighted by atomic mass is 35.5. The Kier molecular flexibility index (Phi) is 10.2. The Morgan fingerprint density at radius 3 is 2.48 bits per heavy atom. The zero-order chi connectivity index (χ0) is 15.6. The molecule has 1 aromatic rings. The van der Waals surface area contributed by atoms with Crippen LogP contribution in [0.3, 0.4) is 0 Å². The Bertz CT molecular complexity index is 457. The van der Waals surface area contributed by atoms with Crippen molar-refractivity contribution in [2.75, 3.05) is 13.1 Å². The van der Waals surface area contributed by atoms with Crippen molar-refractivity contribution in [2.24, 2.45) is 0 Å². The Labute approximate surface area is 148 Å². The summed E-state index contributed by atoms with van der Waals surface area (Å²) in [6.45, 7) is 1.46. The van der Waals surface area contributed by atoms with Gasteiger partial charge in [-0.25, -0.2) is 0 Å². The summed E-state index contributed by atoms with van der Waals surface area (Å²) in [5, 5.41) is 8.29. The number of hydrogen-bond acceptors (Lipinski definition) is 4. The van der Waals surface area contributed by atoms with Crippen LogP contribution in [-0.4, -0.2) is 30.8 Å². The largest absolute Gasteiger partial charge is 0.355 e. The lowest BCUT2D eigenvalue weighted by molar-refractivity contribution is -0.121. The van der Waals surface area contributed by atoms with Crippen molar-refractivity contribution in [1.29, 1.82) is 0 Å². The molecule has 1 aliphatic rings. The standard InChI is InChI=1S/C17H26N2O2S.ClH/c20-15(16-8-5-13-22-16)9-10-17(21)19-12-11-18-14-6-3-1-2-4-7-14;/h5,8,13-14,18H,1-4,6-7,9-12H2,(H,19,21);1H. The third-order valence-electron chi connectivity index (χ3n) is 4.11. The molecule has 1 aliphatic carbocycles. The van der Waals surface area contributed by atoms with Crippen LogP contribution in [0.25, 0.3) is 0 Å². The molecule has 1 fully saturated rings. The second kappa shape index (κ2) is 11.6. The van der Waals surface area contributed by atoms with E-state index >= 15 is 0 Å². The predicted molar refractivity (Wildman–Crippen MR) is 97.6 cm³/mol. The quantitative estimate of drug-likeness (QED) is 0.424. The normalized spacial score (nSPS) is 15.5. The first-order valence-corrected chi connectivity index (χ1v) is 9.20. The maximum absolute atomic E-state index is 11.8. The van der Waals surface area contributed by atoms with Crippen LogP contribution in [0.1, 0.15) is 61.0 Å². The van der Waals surface area contributed by atoms with Gasteiger partial charge in [0.05, 0.1) is 4.88 Å². The number of carbonyl (C=O) groups is 2. The van der Waals surface area contributed by atoms with E-state index in [1.807, 2.05) is 17.5 Å². The Hall–Kier alpha value is -0.910. The third kappa shape index (κ3) is 7.95. The lowest BCUT2D eigenvalue weighted by atomic mass is 10.1. The minimum atomic E-state index is -0.0347. The van der Waals surface area contributed by atoms with E-state index < -0.39 is 0 Å². The molecule has 1 aromatic heterocycles. The van der Waals surface area contributed by atoms with Crippen LogP contribution in [0.2, 0.25) is 0 Å². The van der Waals surface area contributed by atoms with Gasteiger partial charge in [-0.3, -0.25) is 9.59 Å². The lowest BCUT2D eigenvalue weighted by Crippen LogP contribution is -2.36. The zero-order valence-electron chi connectivity index (χ0n) is 13.5. The summed E-state index contributed by atoms with van der Waals surface area (Å²) in [5.74, 6) is 0.0225. The van der Waals surface area contributed by atoms with Gasteiger partial charge in [-0.15, -0.1) is 23.7 Å². The molecule has 2 N–H and O–H groups in total. The fourth-order valence-electron chi connectivity index (χ4n) is 2.84. The van der Waals surface area contributed by atoms with E-state index in [0.717, 1.165) is 11.4 Å². The van der Waals surface area contributed by atoms with Crippen molar-refractivity contribution in [2.45, 2.75) is 57.4 Å². The van der Waals surface area contributed by atoms with Gasteiger partial charge in [0.15, 0.2) is 5.78 Å². The van der Waals surface area contributed by atoms with Gasteiger partial charge >= 0.3 is 0 Å². The predicted octanol–water partition coefficient (Wildman–Crippen LogP) is 3.56. The van der Waals surface area contributed by atoms with Crippen molar-refractivity contribution in [3.8, 4) is 0 Å². The summed E-state index contributed by atoms with van der Waals surface area (Å²) in [7, 11) is 0. The number of Topliss-reactive ketones (excluding diaryl/α,β-unsaturated/α-hetero) is 1. The van der Waals surface area contributed by atoms with E-state index in [4.69, 9.17) is 0 Å². The van der Waals surface area contributed by atoms with Gasteiger partial charge in [-0.2, -0.15) is 0 Å². The highest BCUT2D eigenvalue weighted by Gasteiger charge is 2.12. The van der Waals surface area contributed by atoms with Crippen LogP contribution >= 0.6 is 23.7 Å². The summed E-state index contributed by atoms with van der Waals surface area (Å²) in [6, 6.07) is 4.28. The maximum atomic E-state index is 11.8. The van der Waals surface area contributed by atoms with E-state index in [9.17, 15) is 9.59 Å². The number of halogens is 1. The van der Waals surface area contributed by atoms with Crippen LogP contribution in [0.5, 0.6) is 0 Å². The van der Waals surface area contributed by atoms with E-state index in [-0.39, 0.29) is 30.5 Å². The molecule has 1 heterocycles. The van der Waals surface area contributed by atoms with Gasteiger partial charge in [-0.05, 0) is 24.3 Å². The third-order valence-corrected chi connectivity index (χ3v) is 5.02. The molecule has 130 valence electrons. The minimum absolute atomic E-state index is 0. The van der Waals surface area contributed by atoms with Crippen molar-refractivity contribution < 1.29 is 9.59 Å². The van der Waals surface area contributed by atoms with Crippen molar-refractivity contribution in [3.63, 3.8) is 0 Å². The topological polar surface area (TPSA) is 58.2 Å². The molecule has 6 heteroatoms. The monoisotopic (exact) mass is 358 g/mol. The fraction of sp³-hybridized carbons (Fsp3) is 0.647. The molecule has 0 saturated heterocycles. The smallest absolute Gasteiger partial charge is 0.220 e. The average molecular weight is 359 g/mol. The number of amides is 1. The molecule has 0 bridgehead atoms. The highest BCUT2D eigenvalue weighted by Crippen LogP contribution is 2.16. The second-order valence-corrected chi connectivity index (χ2v) is 6.84. The van der Waals surface area contributed by atoms with Crippen molar-refractivity contribution >= 4 is 35.4 Å². The van der Waals surface area contributed by atoms with Gasteiger partial charge in [0.2, 0.25) is 5.91 Å². The molecule has 1 saturated carbocycles. The highest BCUT2D eigenvalue weighted by molar-refractivity contribution is 7.12. The van der Waals surface area contributed by atoms with Crippen LogP contribution in [0.15, 0.2) is 17.5 Å². The molecular formula is C17H27ClN2O2S. The number of carbonyl (C=O) groups excluding carboxylic acids is 2. The fourth-order valence-corrected chi connectivity index (χ4v) is 3.53. The molecular weight excluding hydrogens is 332 g/mol. The second-order valence-electron chi connectivity index (χ2n) is 5.89. The molecule has 2 rings (SSSR count). The number of ketones is 1. The number of nitrogens with one attached hydrogen (secondary N) is 2. The molecule has 0 spiro atoms. The molecule has 4 nitrogen and oxygen atoms in total. The Morgan fingerprint density at radius 1 is 1.09 bits per heavy atom. The average Bonchev–Trinajstić information content (AvgIpc) is 2.94. The van der Waals surface area contributed by atoms with Crippen LogP contribution in [0, 0.1) is 0 Å². The Balaban J connectivity index is 0.00000264. The van der Waals surface area contributed by atoms with E-state index in [1.54, 1.807) is 0 Å². The van der Waals surface area contributed by atoms with Gasteiger partial charge in [0.25, 0.3) is 0 Å². The van der Waals surface area contributed by atoms with Crippen LogP contribution < -0.4 is 10.6 Å². The van der Waals surface area contributed by atoms with E-state index in [2.05, 4.69) is 10.6 Å².